The summed E-state index contributed by atoms with van der Waals surface area (Å²) in [4.78, 5) is 41.3. The zero-order chi connectivity index (χ0) is 26.9. The van der Waals surface area contributed by atoms with E-state index in [1.165, 1.54) is 18.3 Å². The number of ether oxygens (including phenoxy) is 1. The number of amides is 1. The van der Waals surface area contributed by atoms with E-state index in [9.17, 15) is 18.0 Å². The van der Waals surface area contributed by atoms with Crippen LogP contribution in [0.15, 0.2) is 53.8 Å². The fraction of sp³-hybridized carbons (Fsp3) is 0.269. The van der Waals surface area contributed by atoms with E-state index < -0.39 is 15.8 Å². The lowest BCUT2D eigenvalue weighted by molar-refractivity contribution is -0.137. The van der Waals surface area contributed by atoms with E-state index >= 15 is 0 Å². The fourth-order valence-electron chi connectivity index (χ4n) is 4.22. The van der Waals surface area contributed by atoms with Gasteiger partial charge in [0.05, 0.1) is 24.1 Å². The van der Waals surface area contributed by atoms with E-state index in [2.05, 4.69) is 15.0 Å². The summed E-state index contributed by atoms with van der Waals surface area (Å²) < 4.78 is 29.6. The highest BCUT2D eigenvalue weighted by Crippen LogP contribution is 2.32. The third-order valence-corrected chi connectivity index (χ3v) is 7.20. The van der Waals surface area contributed by atoms with Crippen LogP contribution >= 0.6 is 0 Å². The molecule has 0 aromatic carbocycles. The predicted octanol–water partition coefficient (Wildman–Crippen LogP) is 3.36. The molecule has 5 heterocycles. The number of aromatic amines is 1. The molecule has 4 aromatic rings. The Morgan fingerprint density at radius 3 is 2.63 bits per heavy atom. The van der Waals surface area contributed by atoms with Crippen LogP contribution in [-0.4, -0.2) is 63.0 Å². The van der Waals surface area contributed by atoms with Gasteiger partial charge < -0.3 is 19.7 Å². The Bertz CT molecular complexity index is 1610. The summed E-state index contributed by atoms with van der Waals surface area (Å²) in [5.41, 5.74) is 3.36. The van der Waals surface area contributed by atoms with Crippen molar-refractivity contribution in [2.24, 2.45) is 0 Å². The van der Waals surface area contributed by atoms with Gasteiger partial charge in [-0.05, 0) is 48.7 Å². The van der Waals surface area contributed by atoms with Crippen LogP contribution in [-0.2, 0) is 32.4 Å². The van der Waals surface area contributed by atoms with Crippen molar-refractivity contribution in [3.63, 3.8) is 0 Å². The molecule has 1 fully saturated rings. The van der Waals surface area contributed by atoms with Gasteiger partial charge in [-0.15, -0.1) is 0 Å². The number of likely N-dealkylation sites (tertiary alicyclic amines) is 1. The summed E-state index contributed by atoms with van der Waals surface area (Å²) in [6.07, 6.45) is 5.80. The Hall–Kier alpha value is -4.32. The second-order valence-corrected chi connectivity index (χ2v) is 11.1. The lowest BCUT2D eigenvalue weighted by Crippen LogP contribution is -2.24. The first-order chi connectivity index (χ1) is 18.2. The minimum Gasteiger partial charge on any atom is -0.481 e. The first-order valence-corrected chi connectivity index (χ1v) is 13.9. The van der Waals surface area contributed by atoms with Gasteiger partial charge in [-0.25, -0.2) is 18.4 Å². The third-order valence-electron chi connectivity index (χ3n) is 6.20. The van der Waals surface area contributed by atoms with E-state index in [-0.39, 0.29) is 23.9 Å². The molecule has 1 saturated heterocycles. The van der Waals surface area contributed by atoms with Gasteiger partial charge in [-0.1, -0.05) is 6.07 Å². The van der Waals surface area contributed by atoms with Crippen molar-refractivity contribution in [1.82, 2.24) is 24.8 Å². The summed E-state index contributed by atoms with van der Waals surface area (Å²) in [6.45, 7) is 0.903. The largest absolute Gasteiger partial charge is 0.481 e. The number of nitrogens with zero attached hydrogens (tertiary/aromatic N) is 4. The molecule has 0 spiro atoms. The number of aliphatic carboxylic acids is 1. The predicted molar refractivity (Wildman–Crippen MR) is 137 cm³/mol. The number of H-pyrrole nitrogens is 1. The normalized spacial score (nSPS) is 13.8. The molecule has 0 saturated carbocycles. The molecular weight excluding hydrogens is 510 g/mol. The van der Waals surface area contributed by atoms with Crippen LogP contribution in [0.2, 0.25) is 0 Å². The van der Waals surface area contributed by atoms with Gasteiger partial charge in [0.25, 0.3) is 0 Å². The van der Waals surface area contributed by atoms with Crippen LogP contribution in [0, 0.1) is 0 Å². The summed E-state index contributed by atoms with van der Waals surface area (Å²) in [5.74, 6) is -0.0470. The summed E-state index contributed by atoms with van der Waals surface area (Å²) in [6, 6.07) is 10.2. The Labute approximate surface area is 218 Å². The maximum atomic E-state index is 12.3. The zero-order valence-corrected chi connectivity index (χ0v) is 21.4. The number of hydrogen-bond acceptors (Lipinski definition) is 8. The highest BCUT2D eigenvalue weighted by molar-refractivity contribution is 7.90. The molecule has 1 aliphatic rings. The average Bonchev–Trinajstić information content (AvgIpc) is 3.48. The molecule has 1 aliphatic heterocycles. The smallest absolute Gasteiger partial charge is 0.303 e. The first kappa shape index (κ1) is 25.3. The number of sulfone groups is 1. The highest BCUT2D eigenvalue weighted by atomic mass is 32.2. The molecule has 2 N–H and O–H groups in total. The van der Waals surface area contributed by atoms with Crippen LogP contribution in [0.4, 0.5) is 0 Å². The monoisotopic (exact) mass is 535 g/mol. The van der Waals surface area contributed by atoms with Gasteiger partial charge in [0, 0.05) is 37.2 Å². The van der Waals surface area contributed by atoms with Crippen LogP contribution in [0.25, 0.3) is 22.4 Å². The minimum atomic E-state index is -3.44. The average molecular weight is 536 g/mol. The molecule has 196 valence electrons. The molecule has 5 rings (SSSR count). The van der Waals surface area contributed by atoms with Crippen molar-refractivity contribution < 1.29 is 27.9 Å². The standard InChI is InChI=1S/C26H25N5O6S/c1-38(35,36)23-8-6-18(14-28-23)37-22-12-17-11-20(19-7-4-16(13-27-19)5-9-25(33)34)29-26(17)30-21(22)15-31-10-2-3-24(31)32/h4,6-8,11-14H,2-3,5,9-10,15H2,1H3,(H,29,30)(H,33,34). The number of pyridine rings is 3. The topological polar surface area (TPSA) is 155 Å². The van der Waals surface area contributed by atoms with Crippen LogP contribution in [0.1, 0.15) is 30.5 Å². The number of hydrogen-bond donors (Lipinski definition) is 2. The number of rotatable bonds is 9. The second-order valence-electron chi connectivity index (χ2n) is 9.12. The van der Waals surface area contributed by atoms with E-state index in [1.807, 2.05) is 24.3 Å². The minimum absolute atomic E-state index is 0.0366. The number of fused-ring (bicyclic) bond motifs is 1. The van der Waals surface area contributed by atoms with Crippen molar-refractivity contribution in [1.29, 1.82) is 0 Å². The van der Waals surface area contributed by atoms with Gasteiger partial charge in [0.1, 0.15) is 17.1 Å². The molecule has 0 unspecified atom stereocenters. The molecule has 0 bridgehead atoms. The molecule has 11 nitrogen and oxygen atoms in total. The summed E-state index contributed by atoms with van der Waals surface area (Å²) >= 11 is 0. The first-order valence-electron chi connectivity index (χ1n) is 12.0. The number of carboxylic acids is 1. The Morgan fingerprint density at radius 1 is 1.16 bits per heavy atom. The number of carbonyl (C=O) groups is 2. The second kappa shape index (κ2) is 10.2. The van der Waals surface area contributed by atoms with Crippen molar-refractivity contribution in [3.05, 3.63) is 60.0 Å². The highest BCUT2D eigenvalue weighted by Gasteiger charge is 2.23. The Morgan fingerprint density at radius 2 is 2.00 bits per heavy atom. The maximum Gasteiger partial charge on any atom is 0.303 e. The quantitative estimate of drug-likeness (QED) is 0.328. The van der Waals surface area contributed by atoms with Gasteiger partial charge in [-0.2, -0.15) is 0 Å². The number of carboxylic acid groups (broad SMARTS) is 1. The lowest BCUT2D eigenvalue weighted by Gasteiger charge is -2.17. The van der Waals surface area contributed by atoms with Crippen molar-refractivity contribution in [2.45, 2.75) is 37.3 Å². The van der Waals surface area contributed by atoms with Crippen LogP contribution in [0.5, 0.6) is 11.5 Å². The van der Waals surface area contributed by atoms with Gasteiger partial charge in [0.15, 0.2) is 20.6 Å². The molecular formula is C26H25N5O6S. The summed E-state index contributed by atoms with van der Waals surface area (Å²) in [7, 11) is -3.44. The lowest BCUT2D eigenvalue weighted by atomic mass is 10.1. The van der Waals surface area contributed by atoms with Crippen LogP contribution in [0.3, 0.4) is 0 Å². The van der Waals surface area contributed by atoms with E-state index in [4.69, 9.17) is 14.8 Å². The fourth-order valence-corrected chi connectivity index (χ4v) is 4.78. The Balaban J connectivity index is 1.47. The SMILES string of the molecule is CS(=O)(=O)c1ccc(Oc2cc3cc(-c4ccc(CCC(=O)O)cn4)[nH]c3nc2CN2CCCC2=O)cn1. The van der Waals surface area contributed by atoms with Crippen molar-refractivity contribution in [2.75, 3.05) is 12.8 Å². The van der Waals surface area contributed by atoms with Gasteiger partial charge >= 0.3 is 5.97 Å². The molecule has 1 amide bonds. The maximum absolute atomic E-state index is 12.3. The number of nitrogens with one attached hydrogen (secondary N) is 1. The molecule has 0 aliphatic carbocycles. The molecule has 12 heteroatoms. The number of carbonyl (C=O) groups excluding carboxylic acids is 1. The number of aromatic nitrogens is 4. The molecule has 4 aromatic heterocycles. The summed E-state index contributed by atoms with van der Waals surface area (Å²) in [5, 5.41) is 9.58. The van der Waals surface area contributed by atoms with E-state index in [1.54, 1.807) is 11.1 Å². The van der Waals surface area contributed by atoms with Gasteiger partial charge in [-0.3, -0.25) is 14.6 Å². The third kappa shape index (κ3) is 5.65. The van der Waals surface area contributed by atoms with E-state index in [0.29, 0.717) is 47.9 Å². The van der Waals surface area contributed by atoms with Crippen LogP contribution < -0.4 is 4.74 Å². The van der Waals surface area contributed by atoms with Gasteiger partial charge in [0.2, 0.25) is 5.91 Å². The van der Waals surface area contributed by atoms with Crippen molar-refractivity contribution in [3.8, 4) is 22.9 Å². The number of aryl methyl sites for hydroxylation is 1. The zero-order valence-electron chi connectivity index (χ0n) is 20.5. The Kier molecular flexibility index (Phi) is 6.81. The van der Waals surface area contributed by atoms with E-state index in [0.717, 1.165) is 29.3 Å². The molecule has 0 atom stereocenters. The molecule has 38 heavy (non-hydrogen) atoms. The molecule has 0 radical (unpaired) electrons. The van der Waals surface area contributed by atoms with Crippen molar-refractivity contribution >= 4 is 32.7 Å².